The van der Waals surface area contributed by atoms with Crippen LogP contribution in [-0.4, -0.2) is 16.1 Å². The maximum absolute atomic E-state index is 11.8. The van der Waals surface area contributed by atoms with Crippen LogP contribution in [0.15, 0.2) is 22.7 Å². The van der Waals surface area contributed by atoms with Crippen LogP contribution in [0.2, 0.25) is 5.02 Å². The van der Waals surface area contributed by atoms with Gasteiger partial charge in [-0.05, 0) is 34.1 Å². The first-order chi connectivity index (χ1) is 8.06. The van der Waals surface area contributed by atoms with Crippen LogP contribution in [0.25, 0.3) is 0 Å². The highest BCUT2D eigenvalue weighted by molar-refractivity contribution is 9.10. The van der Waals surface area contributed by atoms with Crippen LogP contribution < -0.4 is 11.1 Å². The second kappa shape index (κ2) is 4.99. The number of hydrogen-bond donors (Lipinski definition) is 2. The monoisotopic (exact) mass is 332 g/mol. The predicted octanol–water partition coefficient (Wildman–Crippen LogP) is 2.79. The molecule has 17 heavy (non-hydrogen) atoms. The van der Waals surface area contributed by atoms with Crippen molar-refractivity contribution in [2.75, 3.05) is 11.1 Å². The van der Waals surface area contributed by atoms with Gasteiger partial charge in [0.15, 0.2) is 0 Å². The number of hydrogen-bond acceptors (Lipinski definition) is 5. The first kappa shape index (κ1) is 12.3. The highest BCUT2D eigenvalue weighted by Crippen LogP contribution is 2.26. The lowest BCUT2D eigenvalue weighted by Gasteiger charge is -2.05. The van der Waals surface area contributed by atoms with Crippen LogP contribution in [0.1, 0.15) is 9.80 Å². The van der Waals surface area contributed by atoms with Crippen molar-refractivity contribution in [1.29, 1.82) is 0 Å². The molecule has 0 fully saturated rings. The summed E-state index contributed by atoms with van der Waals surface area (Å²) < 4.78 is 0.729. The molecule has 0 bridgehead atoms. The molecule has 1 aromatic heterocycles. The van der Waals surface area contributed by atoms with Gasteiger partial charge < -0.3 is 11.1 Å². The number of amides is 1. The Balaban J connectivity index is 2.21. The fourth-order valence-electron chi connectivity index (χ4n) is 1.10. The SMILES string of the molecule is Nc1nnc(C(=O)Nc2cc(Cl)ccc2Br)s1. The van der Waals surface area contributed by atoms with E-state index in [0.717, 1.165) is 15.8 Å². The summed E-state index contributed by atoms with van der Waals surface area (Å²) in [5, 5.41) is 10.9. The number of benzene rings is 1. The fourth-order valence-corrected chi connectivity index (χ4v) is 2.12. The molecule has 0 saturated carbocycles. The number of aromatic nitrogens is 2. The van der Waals surface area contributed by atoms with Gasteiger partial charge >= 0.3 is 0 Å². The predicted molar refractivity (Wildman–Crippen MR) is 71.4 cm³/mol. The van der Waals surface area contributed by atoms with Crippen LogP contribution in [0.5, 0.6) is 0 Å². The summed E-state index contributed by atoms with van der Waals surface area (Å²) in [5.74, 6) is -0.373. The number of halogens is 2. The third-order valence-corrected chi connectivity index (χ3v) is 3.49. The highest BCUT2D eigenvalue weighted by atomic mass is 79.9. The van der Waals surface area contributed by atoms with Gasteiger partial charge in [0, 0.05) is 9.50 Å². The van der Waals surface area contributed by atoms with E-state index in [2.05, 4.69) is 31.4 Å². The van der Waals surface area contributed by atoms with Gasteiger partial charge in [0.05, 0.1) is 5.69 Å². The maximum Gasteiger partial charge on any atom is 0.286 e. The smallest absolute Gasteiger partial charge is 0.286 e. The zero-order chi connectivity index (χ0) is 12.4. The van der Waals surface area contributed by atoms with Gasteiger partial charge in [-0.1, -0.05) is 22.9 Å². The summed E-state index contributed by atoms with van der Waals surface area (Å²) in [6.07, 6.45) is 0. The number of carbonyl (C=O) groups is 1. The lowest BCUT2D eigenvalue weighted by atomic mass is 10.3. The molecule has 1 amide bonds. The van der Waals surface area contributed by atoms with E-state index in [9.17, 15) is 4.79 Å². The number of carbonyl (C=O) groups excluding carboxylic acids is 1. The molecule has 0 saturated heterocycles. The minimum Gasteiger partial charge on any atom is -0.374 e. The molecule has 0 aliphatic carbocycles. The Morgan fingerprint density at radius 1 is 1.47 bits per heavy atom. The largest absolute Gasteiger partial charge is 0.374 e. The third kappa shape index (κ3) is 2.93. The summed E-state index contributed by atoms with van der Waals surface area (Å²) in [6.45, 7) is 0. The van der Waals surface area contributed by atoms with E-state index in [1.807, 2.05) is 0 Å². The standard InChI is InChI=1S/C9H6BrClN4OS/c10-5-2-1-4(11)3-6(5)13-7(16)8-14-15-9(12)17-8/h1-3H,(H2,12,15)(H,13,16). The molecule has 0 aliphatic rings. The van der Waals surface area contributed by atoms with Crippen molar-refractivity contribution in [2.24, 2.45) is 0 Å². The van der Waals surface area contributed by atoms with Gasteiger partial charge in [0.25, 0.3) is 5.91 Å². The average molecular weight is 334 g/mol. The first-order valence-corrected chi connectivity index (χ1v) is 6.40. The van der Waals surface area contributed by atoms with Crippen molar-refractivity contribution >= 4 is 55.6 Å². The molecule has 0 atom stereocenters. The number of nitrogens with zero attached hydrogens (tertiary/aromatic N) is 2. The fraction of sp³-hybridized carbons (Fsp3) is 0. The Kier molecular flexibility index (Phi) is 3.60. The third-order valence-electron chi connectivity index (χ3n) is 1.81. The Bertz CT molecular complexity index is 574. The molecule has 3 N–H and O–H groups in total. The van der Waals surface area contributed by atoms with Gasteiger partial charge in [-0.2, -0.15) is 0 Å². The molecule has 0 aliphatic heterocycles. The van der Waals surface area contributed by atoms with Crippen LogP contribution in [0.3, 0.4) is 0 Å². The lowest BCUT2D eigenvalue weighted by Crippen LogP contribution is -2.12. The summed E-state index contributed by atoms with van der Waals surface area (Å²) >= 11 is 10.2. The summed E-state index contributed by atoms with van der Waals surface area (Å²) in [4.78, 5) is 11.8. The zero-order valence-corrected chi connectivity index (χ0v) is 11.4. The Morgan fingerprint density at radius 2 is 2.24 bits per heavy atom. The summed E-state index contributed by atoms with van der Waals surface area (Å²) in [7, 11) is 0. The second-order valence-corrected chi connectivity index (χ2v) is 5.32. The van der Waals surface area contributed by atoms with E-state index in [-0.39, 0.29) is 16.0 Å². The van der Waals surface area contributed by atoms with Crippen molar-refractivity contribution in [1.82, 2.24) is 10.2 Å². The van der Waals surface area contributed by atoms with Crippen molar-refractivity contribution in [3.63, 3.8) is 0 Å². The minimum absolute atomic E-state index is 0.203. The molecule has 1 aromatic carbocycles. The van der Waals surface area contributed by atoms with Crippen LogP contribution in [-0.2, 0) is 0 Å². The van der Waals surface area contributed by atoms with Gasteiger partial charge in [-0.25, -0.2) is 0 Å². The molecular weight excluding hydrogens is 328 g/mol. The van der Waals surface area contributed by atoms with E-state index < -0.39 is 0 Å². The number of nitrogens with one attached hydrogen (secondary N) is 1. The second-order valence-electron chi connectivity index (χ2n) is 3.02. The van der Waals surface area contributed by atoms with E-state index in [4.69, 9.17) is 17.3 Å². The zero-order valence-electron chi connectivity index (χ0n) is 8.28. The Labute approximate surface area is 114 Å². The van der Waals surface area contributed by atoms with Gasteiger partial charge in [-0.15, -0.1) is 10.2 Å². The van der Waals surface area contributed by atoms with E-state index in [1.165, 1.54) is 0 Å². The minimum atomic E-state index is -0.373. The Morgan fingerprint density at radius 3 is 2.88 bits per heavy atom. The molecule has 2 rings (SSSR count). The number of anilines is 2. The van der Waals surface area contributed by atoms with Crippen molar-refractivity contribution in [3.8, 4) is 0 Å². The van der Waals surface area contributed by atoms with Crippen LogP contribution in [0.4, 0.5) is 10.8 Å². The molecule has 2 aromatic rings. The van der Waals surface area contributed by atoms with Gasteiger partial charge in [0.2, 0.25) is 10.1 Å². The number of rotatable bonds is 2. The molecule has 0 spiro atoms. The topological polar surface area (TPSA) is 80.9 Å². The molecule has 88 valence electrons. The first-order valence-electron chi connectivity index (χ1n) is 4.41. The summed E-state index contributed by atoms with van der Waals surface area (Å²) in [5.41, 5.74) is 5.96. The highest BCUT2D eigenvalue weighted by Gasteiger charge is 2.13. The molecule has 1 heterocycles. The van der Waals surface area contributed by atoms with E-state index >= 15 is 0 Å². The number of nitrogen functional groups attached to an aromatic ring is 1. The van der Waals surface area contributed by atoms with Crippen LogP contribution in [0, 0.1) is 0 Å². The molecular formula is C9H6BrClN4OS. The summed E-state index contributed by atoms with van der Waals surface area (Å²) in [6, 6.07) is 5.09. The van der Waals surface area contributed by atoms with Crippen LogP contribution >= 0.6 is 38.9 Å². The maximum atomic E-state index is 11.8. The molecule has 0 radical (unpaired) electrons. The Hall–Kier alpha value is -1.18. The van der Waals surface area contributed by atoms with Crippen molar-refractivity contribution in [3.05, 3.63) is 32.7 Å². The van der Waals surface area contributed by atoms with E-state index in [1.54, 1.807) is 18.2 Å². The number of nitrogens with two attached hydrogens (primary N) is 1. The quantitative estimate of drug-likeness (QED) is 0.885. The van der Waals surface area contributed by atoms with Gasteiger partial charge in [-0.3, -0.25) is 4.79 Å². The average Bonchev–Trinajstić information content (AvgIpc) is 2.70. The van der Waals surface area contributed by atoms with Crippen molar-refractivity contribution in [2.45, 2.75) is 0 Å². The normalized spacial score (nSPS) is 10.2. The molecule has 0 unspecified atom stereocenters. The van der Waals surface area contributed by atoms with Crippen molar-refractivity contribution < 1.29 is 4.79 Å². The molecule has 8 heteroatoms. The van der Waals surface area contributed by atoms with E-state index in [0.29, 0.717) is 10.7 Å². The van der Waals surface area contributed by atoms with Gasteiger partial charge in [0.1, 0.15) is 0 Å². The lowest BCUT2D eigenvalue weighted by molar-refractivity contribution is 0.102. The molecule has 5 nitrogen and oxygen atoms in total.